The number of halogens is 4. The largest absolute Gasteiger partial charge is 0.496 e. The van der Waals surface area contributed by atoms with E-state index in [1.165, 1.54) is 48.4 Å². The quantitative estimate of drug-likeness (QED) is 0.617. The molecule has 0 aliphatic carbocycles. The SMILES string of the molecule is COc1cc(F)ccc1[C@@H]1CNC(=O)CC12CCN(C(=O)[C@](OC)(c1ccccc1)C(F)(F)F)CC2. The zero-order chi connectivity index (χ0) is 26.1. The Balaban J connectivity index is 1.64. The van der Waals surface area contributed by atoms with E-state index in [0.29, 0.717) is 24.2 Å². The summed E-state index contributed by atoms with van der Waals surface area (Å²) in [5, 5.41) is 2.84. The van der Waals surface area contributed by atoms with Gasteiger partial charge in [-0.25, -0.2) is 4.39 Å². The first-order chi connectivity index (χ1) is 17.1. The number of nitrogens with zero attached hydrogens (tertiary/aromatic N) is 1. The number of hydrogen-bond donors (Lipinski definition) is 1. The van der Waals surface area contributed by atoms with E-state index in [9.17, 15) is 27.2 Å². The fourth-order valence-electron chi connectivity index (χ4n) is 5.66. The van der Waals surface area contributed by atoms with Gasteiger partial charge in [0.1, 0.15) is 11.6 Å². The van der Waals surface area contributed by atoms with Crippen molar-refractivity contribution < 1.29 is 36.6 Å². The molecule has 0 aromatic heterocycles. The maximum absolute atomic E-state index is 14.4. The van der Waals surface area contributed by atoms with Gasteiger partial charge in [0, 0.05) is 50.7 Å². The molecule has 2 fully saturated rings. The number of carbonyl (C=O) groups is 2. The number of likely N-dealkylation sites (tertiary alicyclic amines) is 1. The highest BCUT2D eigenvalue weighted by molar-refractivity contribution is 5.88. The lowest BCUT2D eigenvalue weighted by atomic mass is 9.62. The van der Waals surface area contributed by atoms with Gasteiger partial charge in [0.2, 0.25) is 5.91 Å². The second kappa shape index (κ2) is 9.72. The summed E-state index contributed by atoms with van der Waals surface area (Å²) in [5.74, 6) is -1.73. The van der Waals surface area contributed by atoms with Crippen LogP contribution in [0, 0.1) is 11.2 Å². The van der Waals surface area contributed by atoms with E-state index in [2.05, 4.69) is 5.32 Å². The predicted octanol–water partition coefficient (Wildman–Crippen LogP) is 4.15. The molecule has 4 rings (SSSR count). The molecule has 36 heavy (non-hydrogen) atoms. The molecule has 0 saturated carbocycles. The van der Waals surface area contributed by atoms with Crippen molar-refractivity contribution in [1.29, 1.82) is 0 Å². The molecule has 2 aliphatic heterocycles. The van der Waals surface area contributed by atoms with Gasteiger partial charge in [-0.05, 0) is 29.9 Å². The minimum absolute atomic E-state index is 0.0140. The highest BCUT2D eigenvalue weighted by Gasteiger charge is 2.64. The van der Waals surface area contributed by atoms with Gasteiger partial charge < -0.3 is 19.7 Å². The number of hydrogen-bond acceptors (Lipinski definition) is 4. The lowest BCUT2D eigenvalue weighted by molar-refractivity contribution is -0.271. The Morgan fingerprint density at radius 1 is 1.08 bits per heavy atom. The van der Waals surface area contributed by atoms with Crippen LogP contribution in [-0.4, -0.2) is 56.7 Å². The molecule has 2 aromatic rings. The number of amides is 2. The van der Waals surface area contributed by atoms with Crippen molar-refractivity contribution in [2.45, 2.75) is 37.0 Å². The topological polar surface area (TPSA) is 67.9 Å². The van der Waals surface area contributed by atoms with Crippen molar-refractivity contribution in [3.8, 4) is 5.75 Å². The van der Waals surface area contributed by atoms with Crippen LogP contribution < -0.4 is 10.1 Å². The molecule has 1 spiro atoms. The van der Waals surface area contributed by atoms with E-state index in [-0.39, 0.29) is 43.4 Å². The third kappa shape index (κ3) is 4.31. The van der Waals surface area contributed by atoms with Crippen molar-refractivity contribution in [3.63, 3.8) is 0 Å². The Kier molecular flexibility index (Phi) is 7.01. The number of methoxy groups -OCH3 is 2. The molecule has 0 bridgehead atoms. The third-order valence-electron chi connectivity index (χ3n) is 7.56. The number of rotatable bonds is 5. The number of piperidine rings is 2. The van der Waals surface area contributed by atoms with Crippen molar-refractivity contribution in [2.24, 2.45) is 5.41 Å². The molecule has 2 atom stereocenters. The first-order valence-electron chi connectivity index (χ1n) is 11.6. The Labute approximate surface area is 206 Å². The Bertz CT molecular complexity index is 1120. The van der Waals surface area contributed by atoms with Gasteiger partial charge in [-0.15, -0.1) is 0 Å². The molecule has 0 unspecified atom stereocenters. The first-order valence-corrected chi connectivity index (χ1v) is 11.6. The monoisotopic (exact) mass is 508 g/mol. The van der Waals surface area contributed by atoms with Gasteiger partial charge in [-0.2, -0.15) is 13.2 Å². The molecular formula is C26H28F4N2O4. The number of carbonyl (C=O) groups excluding carboxylic acids is 2. The average molecular weight is 509 g/mol. The van der Waals surface area contributed by atoms with Crippen LogP contribution in [0.3, 0.4) is 0 Å². The summed E-state index contributed by atoms with van der Waals surface area (Å²) in [4.78, 5) is 27.0. The Morgan fingerprint density at radius 2 is 1.75 bits per heavy atom. The van der Waals surface area contributed by atoms with Crippen molar-refractivity contribution in [1.82, 2.24) is 10.2 Å². The second-order valence-electron chi connectivity index (χ2n) is 9.32. The molecule has 1 N–H and O–H groups in total. The highest BCUT2D eigenvalue weighted by atomic mass is 19.4. The van der Waals surface area contributed by atoms with Gasteiger partial charge in [-0.1, -0.05) is 36.4 Å². The van der Waals surface area contributed by atoms with E-state index in [1.54, 1.807) is 12.1 Å². The van der Waals surface area contributed by atoms with Crippen LogP contribution >= 0.6 is 0 Å². The summed E-state index contributed by atoms with van der Waals surface area (Å²) in [6, 6.07) is 11.1. The van der Waals surface area contributed by atoms with Gasteiger partial charge in [0.25, 0.3) is 11.5 Å². The third-order valence-corrected chi connectivity index (χ3v) is 7.56. The van der Waals surface area contributed by atoms with Crippen LogP contribution in [0.4, 0.5) is 17.6 Å². The predicted molar refractivity (Wildman–Crippen MR) is 123 cm³/mol. The summed E-state index contributed by atoms with van der Waals surface area (Å²) in [6.07, 6.45) is -4.26. The average Bonchev–Trinajstić information content (AvgIpc) is 2.85. The molecule has 2 aliphatic rings. The zero-order valence-electron chi connectivity index (χ0n) is 20.0. The number of alkyl halides is 3. The molecule has 2 heterocycles. The van der Waals surface area contributed by atoms with Crippen molar-refractivity contribution in [3.05, 3.63) is 65.5 Å². The first kappa shape index (κ1) is 25.9. The molecule has 0 radical (unpaired) electrons. The van der Waals surface area contributed by atoms with Crippen LogP contribution in [0.1, 0.15) is 36.3 Å². The van der Waals surface area contributed by atoms with Gasteiger partial charge in [-0.3, -0.25) is 9.59 Å². The summed E-state index contributed by atoms with van der Waals surface area (Å²) >= 11 is 0. The second-order valence-corrected chi connectivity index (χ2v) is 9.32. The van der Waals surface area contributed by atoms with Crippen LogP contribution in [0.15, 0.2) is 48.5 Å². The molecule has 2 saturated heterocycles. The summed E-state index contributed by atoms with van der Waals surface area (Å²) in [6.45, 7) is 0.309. The fourth-order valence-corrected chi connectivity index (χ4v) is 5.66. The number of ether oxygens (including phenoxy) is 2. The smallest absolute Gasteiger partial charge is 0.430 e. The van der Waals surface area contributed by atoms with Gasteiger partial charge in [0.15, 0.2) is 0 Å². The Hall–Kier alpha value is -3.14. The van der Waals surface area contributed by atoms with Crippen LogP contribution in [-0.2, 0) is 19.9 Å². The molecule has 6 nitrogen and oxygen atoms in total. The van der Waals surface area contributed by atoms with Crippen LogP contribution in [0.25, 0.3) is 0 Å². The minimum atomic E-state index is -5.00. The molecule has 194 valence electrons. The molecule has 2 amide bonds. The zero-order valence-corrected chi connectivity index (χ0v) is 20.0. The standard InChI is InChI=1S/C26H28F4N2O4/c1-35-21-14-18(27)8-9-19(21)20-16-31-22(33)15-24(20)10-12-32(13-11-24)23(34)25(36-2,26(28,29)30)17-6-4-3-5-7-17/h3-9,14,20H,10-13,15-16H2,1-2H3,(H,31,33)/t20-,25+/m0/s1. The van der Waals surface area contributed by atoms with Gasteiger partial charge >= 0.3 is 6.18 Å². The summed E-state index contributed by atoms with van der Waals surface area (Å²) < 4.78 is 67.4. The summed E-state index contributed by atoms with van der Waals surface area (Å²) in [5.41, 5.74) is -3.34. The van der Waals surface area contributed by atoms with E-state index >= 15 is 0 Å². The maximum atomic E-state index is 14.4. The molecular weight excluding hydrogens is 480 g/mol. The minimum Gasteiger partial charge on any atom is -0.496 e. The van der Waals surface area contributed by atoms with E-state index in [0.717, 1.165) is 7.11 Å². The lowest BCUT2D eigenvalue weighted by Crippen LogP contribution is -2.60. The van der Waals surface area contributed by atoms with Crippen LogP contribution in [0.5, 0.6) is 5.75 Å². The number of benzene rings is 2. The normalized spacial score (nSPS) is 21.6. The fraction of sp³-hybridized carbons (Fsp3) is 0.462. The van der Waals surface area contributed by atoms with Gasteiger partial charge in [0.05, 0.1) is 7.11 Å². The summed E-state index contributed by atoms with van der Waals surface area (Å²) in [7, 11) is 2.31. The van der Waals surface area contributed by atoms with Crippen LogP contribution in [0.2, 0.25) is 0 Å². The maximum Gasteiger partial charge on any atom is 0.430 e. The lowest BCUT2D eigenvalue weighted by Gasteiger charge is -2.50. The van der Waals surface area contributed by atoms with E-state index in [4.69, 9.17) is 9.47 Å². The van der Waals surface area contributed by atoms with Crippen molar-refractivity contribution in [2.75, 3.05) is 33.9 Å². The molecule has 10 heteroatoms. The molecule has 2 aromatic carbocycles. The van der Waals surface area contributed by atoms with E-state index in [1.807, 2.05) is 0 Å². The van der Waals surface area contributed by atoms with Crippen molar-refractivity contribution >= 4 is 11.8 Å². The van der Waals surface area contributed by atoms with E-state index < -0.39 is 28.9 Å². The highest BCUT2D eigenvalue weighted by Crippen LogP contribution is 2.52. The number of nitrogens with one attached hydrogen (secondary N) is 1. The Morgan fingerprint density at radius 3 is 2.33 bits per heavy atom.